The lowest BCUT2D eigenvalue weighted by molar-refractivity contribution is -0.166. The molecule has 2 aromatic heterocycles. The number of nitrogen functional groups attached to an aromatic ring is 1. The van der Waals surface area contributed by atoms with Crippen LogP contribution in [-0.4, -0.2) is 49.8 Å². The number of carbonyl (C=O) groups is 2. The summed E-state index contributed by atoms with van der Waals surface area (Å²) in [7, 11) is 0. The minimum absolute atomic E-state index is 0.105. The summed E-state index contributed by atoms with van der Waals surface area (Å²) in [6.07, 6.45) is 8.00. The number of hydrogen-bond donors (Lipinski definition) is 1. The summed E-state index contributed by atoms with van der Waals surface area (Å²) in [6, 6.07) is 0. The predicted octanol–water partition coefficient (Wildman–Crippen LogP) is 2.67. The molecule has 3 rings (SSSR count). The van der Waals surface area contributed by atoms with Gasteiger partial charge in [-0.1, -0.05) is 32.6 Å². The van der Waals surface area contributed by atoms with E-state index in [1.54, 1.807) is 0 Å². The molecule has 178 valence electrons. The Kier molecular flexibility index (Phi) is 7.81. The maximum Gasteiger partial charge on any atom is 0.312 e. The Balaban J connectivity index is 1.88. The Labute approximate surface area is 191 Å². The molecule has 0 spiro atoms. The minimum atomic E-state index is -1.53. The van der Waals surface area contributed by atoms with Crippen LogP contribution in [0.25, 0.3) is 11.2 Å². The number of aromatic nitrogens is 4. The van der Waals surface area contributed by atoms with Gasteiger partial charge in [-0.3, -0.25) is 14.2 Å². The number of fused-ring (bicyclic) bond motifs is 1. The molecule has 0 aromatic carbocycles. The maximum absolute atomic E-state index is 13.8. The average Bonchev–Trinajstić information content (AvgIpc) is 3.36. The molecule has 2 N–H and O–H groups in total. The summed E-state index contributed by atoms with van der Waals surface area (Å²) in [5, 5.41) is 0. The molecule has 3 atom stereocenters. The second kappa shape index (κ2) is 10.6. The zero-order chi connectivity index (χ0) is 24.0. The standard InChI is InChI=1S/C22H28FN5O5/c1-4-7-9-16(29)31-12-22(6-3)14(32-17(30)10-8-5-2)11-15(33-22)28-13-25-18-19(24)26-21(23)27-20(18)28/h3,13-15H,4-5,7-12H2,1-2H3,(H2,24,26,27). The Hall–Kier alpha value is -3.26. The van der Waals surface area contributed by atoms with E-state index in [9.17, 15) is 14.0 Å². The Morgan fingerprint density at radius 1 is 1.30 bits per heavy atom. The lowest BCUT2D eigenvalue weighted by Gasteiger charge is -2.28. The van der Waals surface area contributed by atoms with Crippen molar-refractivity contribution in [2.24, 2.45) is 0 Å². The van der Waals surface area contributed by atoms with Crippen LogP contribution in [0.4, 0.5) is 10.2 Å². The molecule has 1 aliphatic rings. The fourth-order valence-corrected chi connectivity index (χ4v) is 3.59. The number of rotatable bonds is 10. The van der Waals surface area contributed by atoms with Crippen molar-refractivity contribution in [3.8, 4) is 12.3 Å². The van der Waals surface area contributed by atoms with Crippen molar-refractivity contribution in [2.45, 2.75) is 76.7 Å². The van der Waals surface area contributed by atoms with Gasteiger partial charge in [-0.2, -0.15) is 14.4 Å². The van der Waals surface area contributed by atoms with Crippen LogP contribution in [0.2, 0.25) is 0 Å². The highest BCUT2D eigenvalue weighted by atomic mass is 19.1. The zero-order valence-corrected chi connectivity index (χ0v) is 18.8. The molecule has 3 unspecified atom stereocenters. The highest BCUT2D eigenvalue weighted by Crippen LogP contribution is 2.40. The number of anilines is 1. The second-order valence-electron chi connectivity index (χ2n) is 7.89. The Morgan fingerprint density at radius 2 is 2.00 bits per heavy atom. The van der Waals surface area contributed by atoms with Crippen molar-refractivity contribution in [2.75, 3.05) is 12.3 Å². The fraction of sp³-hybridized carbons (Fsp3) is 0.591. The van der Waals surface area contributed by atoms with Gasteiger partial charge < -0.3 is 19.9 Å². The van der Waals surface area contributed by atoms with E-state index >= 15 is 0 Å². The van der Waals surface area contributed by atoms with Gasteiger partial charge in [0.1, 0.15) is 18.9 Å². The third-order valence-corrected chi connectivity index (χ3v) is 5.45. The van der Waals surface area contributed by atoms with E-state index in [2.05, 4.69) is 20.9 Å². The minimum Gasteiger partial charge on any atom is -0.461 e. The number of nitrogens with two attached hydrogens (primary N) is 1. The SMILES string of the molecule is C#CC1(COC(=O)CCCC)OC(n2cnc3c(N)nc(F)nc32)CC1OC(=O)CCCC. The molecule has 0 radical (unpaired) electrons. The van der Waals surface area contributed by atoms with E-state index < -0.39 is 35.9 Å². The molecule has 10 nitrogen and oxygen atoms in total. The number of terminal acetylenes is 1. The summed E-state index contributed by atoms with van der Waals surface area (Å²) in [5.41, 5.74) is 4.52. The van der Waals surface area contributed by atoms with Crippen LogP contribution in [0.1, 0.15) is 65.0 Å². The van der Waals surface area contributed by atoms with Crippen LogP contribution in [0.15, 0.2) is 6.33 Å². The highest BCUT2D eigenvalue weighted by molar-refractivity contribution is 5.81. The van der Waals surface area contributed by atoms with Gasteiger partial charge in [0, 0.05) is 19.3 Å². The molecule has 1 fully saturated rings. The third-order valence-electron chi connectivity index (χ3n) is 5.45. The van der Waals surface area contributed by atoms with E-state index in [0.717, 1.165) is 12.8 Å². The van der Waals surface area contributed by atoms with E-state index in [0.29, 0.717) is 12.8 Å². The summed E-state index contributed by atoms with van der Waals surface area (Å²) < 4.78 is 32.4. The monoisotopic (exact) mass is 461 g/mol. The topological polar surface area (TPSA) is 131 Å². The summed E-state index contributed by atoms with van der Waals surface area (Å²) in [6.45, 7) is 3.62. The van der Waals surface area contributed by atoms with Crippen LogP contribution in [0, 0.1) is 18.4 Å². The quantitative estimate of drug-likeness (QED) is 0.322. The van der Waals surface area contributed by atoms with Gasteiger partial charge in [-0.05, 0) is 12.8 Å². The van der Waals surface area contributed by atoms with E-state index in [1.807, 2.05) is 13.8 Å². The van der Waals surface area contributed by atoms with Gasteiger partial charge >= 0.3 is 18.0 Å². The number of unbranched alkanes of at least 4 members (excludes halogenated alkanes) is 2. The Morgan fingerprint density at radius 3 is 2.67 bits per heavy atom. The van der Waals surface area contributed by atoms with Crippen molar-refractivity contribution < 1.29 is 28.2 Å². The molecule has 0 aliphatic carbocycles. The van der Waals surface area contributed by atoms with Crippen LogP contribution in [0.3, 0.4) is 0 Å². The lowest BCUT2D eigenvalue weighted by Crippen LogP contribution is -2.45. The number of halogens is 1. The molecule has 2 aromatic rings. The zero-order valence-electron chi connectivity index (χ0n) is 18.8. The molecular formula is C22H28FN5O5. The molecule has 0 amide bonds. The van der Waals surface area contributed by atoms with Gasteiger partial charge in [0.2, 0.25) is 5.60 Å². The molecular weight excluding hydrogens is 433 g/mol. The molecule has 1 saturated heterocycles. The summed E-state index contributed by atoms with van der Waals surface area (Å²) >= 11 is 0. The normalized spacial score (nSPS) is 22.2. The van der Waals surface area contributed by atoms with Crippen LogP contribution in [0.5, 0.6) is 0 Å². The molecule has 3 heterocycles. The van der Waals surface area contributed by atoms with Gasteiger partial charge in [-0.15, -0.1) is 6.42 Å². The summed E-state index contributed by atoms with van der Waals surface area (Å²) in [5.74, 6) is 1.54. The lowest BCUT2D eigenvalue weighted by atomic mass is 9.98. The number of imidazole rings is 1. The van der Waals surface area contributed by atoms with Crippen molar-refractivity contribution in [3.05, 3.63) is 12.4 Å². The molecule has 11 heteroatoms. The third kappa shape index (κ3) is 5.39. The first-order valence-electron chi connectivity index (χ1n) is 11.0. The number of ether oxygens (including phenoxy) is 3. The first kappa shape index (κ1) is 24.4. The molecule has 0 bridgehead atoms. The van der Waals surface area contributed by atoms with Crippen molar-refractivity contribution in [1.29, 1.82) is 0 Å². The average molecular weight is 461 g/mol. The van der Waals surface area contributed by atoms with Crippen LogP contribution >= 0.6 is 0 Å². The molecule has 1 aliphatic heterocycles. The van der Waals surface area contributed by atoms with Crippen LogP contribution < -0.4 is 5.73 Å². The van der Waals surface area contributed by atoms with Gasteiger partial charge in [-0.25, -0.2) is 4.98 Å². The van der Waals surface area contributed by atoms with Crippen molar-refractivity contribution >= 4 is 28.9 Å². The first-order valence-corrected chi connectivity index (χ1v) is 11.0. The van der Waals surface area contributed by atoms with Crippen molar-refractivity contribution in [1.82, 2.24) is 19.5 Å². The molecule has 0 saturated carbocycles. The highest BCUT2D eigenvalue weighted by Gasteiger charge is 2.52. The first-order chi connectivity index (χ1) is 15.8. The number of hydrogen-bond acceptors (Lipinski definition) is 9. The summed E-state index contributed by atoms with van der Waals surface area (Å²) in [4.78, 5) is 35.8. The van der Waals surface area contributed by atoms with E-state index in [1.165, 1.54) is 10.9 Å². The van der Waals surface area contributed by atoms with E-state index in [4.69, 9.17) is 26.4 Å². The van der Waals surface area contributed by atoms with Crippen molar-refractivity contribution in [3.63, 3.8) is 0 Å². The largest absolute Gasteiger partial charge is 0.461 e. The number of carbonyl (C=O) groups excluding carboxylic acids is 2. The maximum atomic E-state index is 13.8. The van der Waals surface area contributed by atoms with Gasteiger partial charge in [0.25, 0.3) is 0 Å². The molecule has 33 heavy (non-hydrogen) atoms. The van der Waals surface area contributed by atoms with Gasteiger partial charge in [0.05, 0.1) is 6.33 Å². The number of nitrogens with zero attached hydrogens (tertiary/aromatic N) is 4. The van der Waals surface area contributed by atoms with Gasteiger partial charge in [0.15, 0.2) is 17.0 Å². The Bertz CT molecular complexity index is 1050. The smallest absolute Gasteiger partial charge is 0.312 e. The van der Waals surface area contributed by atoms with Crippen LogP contribution in [-0.2, 0) is 23.8 Å². The second-order valence-corrected chi connectivity index (χ2v) is 7.89. The number of esters is 2. The van der Waals surface area contributed by atoms with E-state index in [-0.39, 0.29) is 42.9 Å². The predicted molar refractivity (Wildman–Crippen MR) is 116 cm³/mol. The fourth-order valence-electron chi connectivity index (χ4n) is 3.59.